The lowest BCUT2D eigenvalue weighted by Crippen LogP contribution is -2.13. The first-order valence-corrected chi connectivity index (χ1v) is 9.77. The number of amides is 1. The molecule has 3 heterocycles. The topological polar surface area (TPSA) is 95.6 Å². The Hall–Kier alpha value is -4.66. The summed E-state index contributed by atoms with van der Waals surface area (Å²) in [6, 6.07) is 18.0. The van der Waals surface area contributed by atoms with Gasteiger partial charge in [-0.25, -0.2) is 14.5 Å². The molecule has 0 aliphatic carbocycles. The molecule has 0 saturated heterocycles. The van der Waals surface area contributed by atoms with E-state index in [-0.39, 0.29) is 5.91 Å². The van der Waals surface area contributed by atoms with Gasteiger partial charge in [0.2, 0.25) is 5.88 Å². The van der Waals surface area contributed by atoms with E-state index in [0.29, 0.717) is 34.4 Å². The summed E-state index contributed by atoms with van der Waals surface area (Å²) in [7, 11) is 1.52. The van der Waals surface area contributed by atoms with Gasteiger partial charge in [0.05, 0.1) is 25.2 Å². The van der Waals surface area contributed by atoms with Crippen LogP contribution in [0.1, 0.15) is 10.4 Å². The minimum atomic E-state index is -0.319. The molecule has 0 bridgehead atoms. The Morgan fingerprint density at radius 3 is 2.66 bits per heavy atom. The minimum absolute atomic E-state index is 0.319. The third-order valence-corrected chi connectivity index (χ3v) is 4.75. The fourth-order valence-corrected chi connectivity index (χ4v) is 3.21. The zero-order valence-electron chi connectivity index (χ0n) is 17.0. The summed E-state index contributed by atoms with van der Waals surface area (Å²) in [6.45, 7) is 0. The number of methoxy groups -OCH3 is 1. The van der Waals surface area contributed by atoms with Crippen LogP contribution in [0.15, 0.2) is 85.6 Å². The number of aromatic nitrogens is 5. The molecule has 0 aliphatic rings. The second-order valence-electron chi connectivity index (χ2n) is 6.82. The van der Waals surface area contributed by atoms with Crippen molar-refractivity contribution in [2.45, 2.75) is 0 Å². The number of rotatable bonds is 6. The van der Waals surface area contributed by atoms with Crippen molar-refractivity contribution in [1.82, 2.24) is 24.1 Å². The summed E-state index contributed by atoms with van der Waals surface area (Å²) in [5.41, 5.74) is 1.97. The fourth-order valence-electron chi connectivity index (χ4n) is 3.21. The van der Waals surface area contributed by atoms with Crippen molar-refractivity contribution < 1.29 is 14.3 Å². The number of nitrogens with one attached hydrogen (secondary N) is 1. The Kier molecular flexibility index (Phi) is 4.97. The largest absolute Gasteiger partial charge is 0.496 e. The van der Waals surface area contributed by atoms with Crippen LogP contribution in [0.25, 0.3) is 11.3 Å². The number of carbonyl (C=O) groups excluding carboxylic acids is 1. The Labute approximate surface area is 182 Å². The molecule has 0 atom stereocenters. The van der Waals surface area contributed by atoms with Gasteiger partial charge >= 0.3 is 0 Å². The summed E-state index contributed by atoms with van der Waals surface area (Å²) >= 11 is 0. The first-order chi connectivity index (χ1) is 15.7. The van der Waals surface area contributed by atoms with E-state index in [1.54, 1.807) is 59.6 Å². The van der Waals surface area contributed by atoms with Crippen LogP contribution in [-0.4, -0.2) is 37.2 Å². The van der Waals surface area contributed by atoms with Crippen molar-refractivity contribution in [2.75, 3.05) is 12.4 Å². The van der Waals surface area contributed by atoms with Gasteiger partial charge in [0, 0.05) is 24.1 Å². The van der Waals surface area contributed by atoms with Gasteiger partial charge in [-0.15, -0.1) is 5.10 Å². The van der Waals surface area contributed by atoms with E-state index in [4.69, 9.17) is 9.47 Å². The van der Waals surface area contributed by atoms with Crippen LogP contribution >= 0.6 is 0 Å². The normalized spacial score (nSPS) is 10.8. The number of nitrogens with zero attached hydrogens (tertiary/aromatic N) is 5. The van der Waals surface area contributed by atoms with E-state index in [9.17, 15) is 4.79 Å². The van der Waals surface area contributed by atoms with Crippen LogP contribution in [0, 0.1) is 0 Å². The Morgan fingerprint density at radius 1 is 1.03 bits per heavy atom. The summed E-state index contributed by atoms with van der Waals surface area (Å²) in [5.74, 6) is 1.58. The average molecular weight is 426 g/mol. The molecule has 5 aromatic rings. The molecule has 0 aliphatic heterocycles. The number of fused-ring (bicyclic) bond motifs is 1. The van der Waals surface area contributed by atoms with Crippen LogP contribution in [-0.2, 0) is 0 Å². The molecule has 158 valence electrons. The van der Waals surface area contributed by atoms with Gasteiger partial charge in [0.25, 0.3) is 5.91 Å². The van der Waals surface area contributed by atoms with Gasteiger partial charge in [-0.3, -0.25) is 4.79 Å². The Balaban J connectivity index is 1.32. The first-order valence-electron chi connectivity index (χ1n) is 9.77. The maximum absolute atomic E-state index is 12.6. The van der Waals surface area contributed by atoms with Gasteiger partial charge < -0.3 is 19.4 Å². The van der Waals surface area contributed by atoms with E-state index >= 15 is 0 Å². The van der Waals surface area contributed by atoms with Crippen molar-refractivity contribution in [3.05, 3.63) is 91.1 Å². The van der Waals surface area contributed by atoms with Crippen LogP contribution in [0.2, 0.25) is 0 Å². The molecule has 0 spiro atoms. The van der Waals surface area contributed by atoms with Crippen molar-refractivity contribution in [2.24, 2.45) is 0 Å². The lowest BCUT2D eigenvalue weighted by atomic mass is 10.2. The van der Waals surface area contributed by atoms with E-state index in [2.05, 4.69) is 20.4 Å². The number of benzene rings is 2. The van der Waals surface area contributed by atoms with E-state index in [1.807, 2.05) is 35.0 Å². The van der Waals surface area contributed by atoms with Crippen LogP contribution in [0.4, 0.5) is 5.82 Å². The van der Waals surface area contributed by atoms with Crippen molar-refractivity contribution >= 4 is 17.4 Å². The lowest BCUT2D eigenvalue weighted by Gasteiger charge is -2.07. The molecule has 0 fully saturated rings. The molecular weight excluding hydrogens is 408 g/mol. The maximum Gasteiger partial charge on any atom is 0.260 e. The van der Waals surface area contributed by atoms with Crippen LogP contribution in [0.3, 0.4) is 0 Å². The van der Waals surface area contributed by atoms with Crippen LogP contribution in [0.5, 0.6) is 17.4 Å². The lowest BCUT2D eigenvalue weighted by molar-refractivity contribution is 0.102. The summed E-state index contributed by atoms with van der Waals surface area (Å²) in [5, 5.41) is 7.19. The predicted molar refractivity (Wildman–Crippen MR) is 118 cm³/mol. The molecule has 1 amide bonds. The summed E-state index contributed by atoms with van der Waals surface area (Å²) < 4.78 is 14.6. The number of anilines is 1. The van der Waals surface area contributed by atoms with Gasteiger partial charge in [-0.1, -0.05) is 12.1 Å². The number of para-hydroxylation sites is 1. The number of ether oxygens (including phenoxy) is 2. The SMILES string of the molecule is COc1ccccc1C(=O)Nc1cn2nc(Oc3ccc(-n4ccnc4)cc3)ccc2n1. The number of carbonyl (C=O) groups is 1. The number of imidazole rings is 2. The second-order valence-corrected chi connectivity index (χ2v) is 6.82. The molecule has 2 aromatic carbocycles. The fraction of sp³-hybridized carbons (Fsp3) is 0.0435. The highest BCUT2D eigenvalue weighted by atomic mass is 16.5. The molecule has 0 unspecified atom stereocenters. The quantitative estimate of drug-likeness (QED) is 0.441. The van der Waals surface area contributed by atoms with Crippen molar-refractivity contribution in [1.29, 1.82) is 0 Å². The highest BCUT2D eigenvalue weighted by molar-refractivity contribution is 6.05. The zero-order valence-corrected chi connectivity index (χ0v) is 17.0. The summed E-state index contributed by atoms with van der Waals surface area (Å²) in [6.07, 6.45) is 6.95. The monoisotopic (exact) mass is 426 g/mol. The average Bonchev–Trinajstić information content (AvgIpc) is 3.49. The van der Waals surface area contributed by atoms with Crippen molar-refractivity contribution in [3.63, 3.8) is 0 Å². The predicted octanol–water partition coefficient (Wildman–Crippen LogP) is 3.97. The molecule has 3 aromatic heterocycles. The standard InChI is InChI=1S/C23H18N6O3/c1-31-19-5-3-2-4-18(19)23(30)26-20-14-29-21(25-20)10-11-22(27-29)32-17-8-6-16(7-9-17)28-13-12-24-15-28/h2-15H,1H3,(H,26,30). The Morgan fingerprint density at radius 2 is 1.88 bits per heavy atom. The maximum atomic E-state index is 12.6. The van der Waals surface area contributed by atoms with Gasteiger partial charge in [-0.05, 0) is 42.5 Å². The summed E-state index contributed by atoms with van der Waals surface area (Å²) in [4.78, 5) is 21.0. The van der Waals surface area contributed by atoms with E-state index < -0.39 is 0 Å². The van der Waals surface area contributed by atoms with E-state index in [0.717, 1.165) is 5.69 Å². The molecule has 9 heteroatoms. The van der Waals surface area contributed by atoms with Gasteiger partial charge in [0.1, 0.15) is 11.5 Å². The zero-order chi connectivity index (χ0) is 21.9. The Bertz CT molecular complexity index is 1380. The number of hydrogen-bond acceptors (Lipinski definition) is 6. The third kappa shape index (κ3) is 3.86. The van der Waals surface area contributed by atoms with E-state index in [1.165, 1.54) is 7.11 Å². The molecule has 5 rings (SSSR count). The second kappa shape index (κ2) is 8.23. The van der Waals surface area contributed by atoms with Crippen molar-refractivity contribution in [3.8, 4) is 23.1 Å². The highest BCUT2D eigenvalue weighted by Gasteiger charge is 2.14. The molecular formula is C23H18N6O3. The molecule has 1 N–H and O–H groups in total. The molecule has 9 nitrogen and oxygen atoms in total. The minimum Gasteiger partial charge on any atom is -0.496 e. The highest BCUT2D eigenvalue weighted by Crippen LogP contribution is 2.23. The van der Waals surface area contributed by atoms with Gasteiger partial charge in [-0.2, -0.15) is 0 Å². The third-order valence-electron chi connectivity index (χ3n) is 4.75. The van der Waals surface area contributed by atoms with Gasteiger partial charge in [0.15, 0.2) is 11.5 Å². The first kappa shape index (κ1) is 19.3. The smallest absolute Gasteiger partial charge is 0.260 e. The number of hydrogen-bond donors (Lipinski definition) is 1. The molecule has 32 heavy (non-hydrogen) atoms. The van der Waals surface area contributed by atoms with Crippen LogP contribution < -0.4 is 14.8 Å². The molecule has 0 radical (unpaired) electrons. The molecule has 0 saturated carbocycles.